The third-order valence-electron chi connectivity index (χ3n) is 8.24. The standard InChI is InChI=1S/C33H42F2N4O4Si.C2HF3O2/c1-23-17-25-19-33(3,37-39(25)29(18-23)43-21-26-27(34)13-10-14-28(26)35)30(40)36-22-32(2,15-16-44(4,5)6)38(31(41)42)20-24-11-8-7-9-12-24;3-2(4,5)1(6)7/h7-14,17-19,37H,15-16,20-22H2,1-6H3,(H,36,40)(H,41,42);(H,6,7). The number of nitrogens with zero attached hydrogens (tertiary/aromatic N) is 2. The van der Waals surface area contributed by atoms with Crippen LogP contribution in [0.2, 0.25) is 25.7 Å². The van der Waals surface area contributed by atoms with Gasteiger partial charge in [-0.15, -0.1) is 0 Å². The number of allylic oxidation sites excluding steroid dienone is 3. The number of aliphatic carboxylic acids is 1. The van der Waals surface area contributed by atoms with E-state index in [9.17, 15) is 36.6 Å². The van der Waals surface area contributed by atoms with Gasteiger partial charge < -0.3 is 20.3 Å². The number of alkyl halides is 3. The van der Waals surface area contributed by atoms with Crippen LogP contribution in [0.5, 0.6) is 0 Å². The largest absolute Gasteiger partial charge is 0.490 e. The van der Waals surface area contributed by atoms with Gasteiger partial charge in [0.2, 0.25) is 11.8 Å². The van der Waals surface area contributed by atoms with Crippen LogP contribution in [0.1, 0.15) is 38.3 Å². The van der Waals surface area contributed by atoms with Crippen molar-refractivity contribution in [3.8, 4) is 0 Å². The first-order valence-electron chi connectivity index (χ1n) is 15.9. The number of nitrogens with one attached hydrogen (secondary N) is 2. The van der Waals surface area contributed by atoms with Crippen molar-refractivity contribution in [1.29, 1.82) is 0 Å². The zero-order valence-corrected chi connectivity index (χ0v) is 30.2. The van der Waals surface area contributed by atoms with Gasteiger partial charge in [0, 0.05) is 27.2 Å². The lowest BCUT2D eigenvalue weighted by atomic mass is 9.94. The van der Waals surface area contributed by atoms with Crippen molar-refractivity contribution in [2.24, 2.45) is 0 Å². The summed E-state index contributed by atoms with van der Waals surface area (Å²) >= 11 is 0. The number of carbonyl (C=O) groups is 3. The van der Waals surface area contributed by atoms with Crippen LogP contribution in [0.15, 0.2) is 83.9 Å². The zero-order valence-electron chi connectivity index (χ0n) is 29.2. The molecule has 0 bridgehead atoms. The third kappa shape index (κ3) is 11.1. The first-order valence-corrected chi connectivity index (χ1v) is 19.6. The highest BCUT2D eigenvalue weighted by atomic mass is 28.3. The topological polar surface area (TPSA) is 131 Å². The lowest BCUT2D eigenvalue weighted by molar-refractivity contribution is -0.192. The summed E-state index contributed by atoms with van der Waals surface area (Å²) in [6.07, 6.45) is -0.205. The molecule has 0 saturated carbocycles. The Hall–Kier alpha value is -4.70. The van der Waals surface area contributed by atoms with Crippen molar-refractivity contribution in [2.45, 2.75) is 83.3 Å². The maximum Gasteiger partial charge on any atom is 0.490 e. The van der Waals surface area contributed by atoms with E-state index in [-0.39, 0.29) is 37.1 Å². The van der Waals surface area contributed by atoms with E-state index in [0.717, 1.165) is 17.2 Å². The first-order chi connectivity index (χ1) is 23.5. The number of rotatable bonds is 12. The van der Waals surface area contributed by atoms with Crippen molar-refractivity contribution in [3.63, 3.8) is 0 Å². The molecule has 2 unspecified atom stereocenters. The third-order valence-corrected chi connectivity index (χ3v) is 9.99. The Kier molecular flexibility index (Phi) is 12.9. The van der Waals surface area contributed by atoms with Gasteiger partial charge in [0.05, 0.1) is 16.8 Å². The van der Waals surface area contributed by atoms with Crippen LogP contribution >= 0.6 is 0 Å². The van der Waals surface area contributed by atoms with Crippen molar-refractivity contribution in [3.05, 3.63) is 107 Å². The van der Waals surface area contributed by atoms with Gasteiger partial charge in [-0.25, -0.2) is 28.8 Å². The van der Waals surface area contributed by atoms with Crippen LogP contribution in [-0.2, 0) is 27.5 Å². The van der Waals surface area contributed by atoms with Crippen LogP contribution < -0.4 is 10.7 Å². The predicted octanol–water partition coefficient (Wildman–Crippen LogP) is 7.16. The van der Waals surface area contributed by atoms with Gasteiger partial charge in [0.15, 0.2) is 0 Å². The molecule has 2 aliphatic rings. The molecule has 0 saturated heterocycles. The lowest BCUT2D eigenvalue weighted by Gasteiger charge is -2.42. The number of fused-ring (bicyclic) bond motifs is 1. The smallest absolute Gasteiger partial charge is 0.475 e. The summed E-state index contributed by atoms with van der Waals surface area (Å²) in [5.41, 5.74) is 3.23. The van der Waals surface area contributed by atoms with E-state index in [4.69, 9.17) is 14.6 Å². The summed E-state index contributed by atoms with van der Waals surface area (Å²) in [6, 6.07) is 13.9. The number of carboxylic acids is 1. The van der Waals surface area contributed by atoms with Gasteiger partial charge in [0.1, 0.15) is 23.8 Å². The summed E-state index contributed by atoms with van der Waals surface area (Å²) in [5.74, 6) is -4.23. The molecule has 10 nitrogen and oxygen atoms in total. The fraction of sp³-hybridized carbons (Fsp3) is 0.400. The van der Waals surface area contributed by atoms with E-state index < -0.39 is 49.0 Å². The number of ether oxygens (including phenoxy) is 1. The van der Waals surface area contributed by atoms with Gasteiger partial charge in [0.25, 0.3) is 0 Å². The minimum atomic E-state index is -5.08. The Morgan fingerprint density at radius 1 is 1.00 bits per heavy atom. The second-order valence-electron chi connectivity index (χ2n) is 14.0. The number of hydrogen-bond acceptors (Lipinski definition) is 6. The Morgan fingerprint density at radius 3 is 2.12 bits per heavy atom. The van der Waals surface area contributed by atoms with Crippen LogP contribution in [0, 0.1) is 11.6 Å². The molecule has 2 aromatic rings. The minimum Gasteiger partial charge on any atom is -0.475 e. The number of halogens is 5. The summed E-state index contributed by atoms with van der Waals surface area (Å²) in [6.45, 7) is 12.1. The lowest BCUT2D eigenvalue weighted by Crippen LogP contribution is -2.60. The van der Waals surface area contributed by atoms with Crippen molar-refractivity contribution >= 4 is 26.0 Å². The molecule has 0 aliphatic carbocycles. The van der Waals surface area contributed by atoms with Gasteiger partial charge in [-0.2, -0.15) is 13.2 Å². The second-order valence-corrected chi connectivity index (χ2v) is 19.6. The van der Waals surface area contributed by atoms with Crippen molar-refractivity contribution in [1.82, 2.24) is 20.7 Å². The number of carbonyl (C=O) groups excluding carboxylic acids is 1. The highest BCUT2D eigenvalue weighted by molar-refractivity contribution is 6.76. The molecule has 4 N–H and O–H groups in total. The van der Waals surface area contributed by atoms with Crippen molar-refractivity contribution < 1.29 is 51.3 Å². The van der Waals surface area contributed by atoms with Crippen LogP contribution in [0.4, 0.5) is 26.7 Å². The number of hydrazine groups is 1. The fourth-order valence-electron chi connectivity index (χ4n) is 5.22. The van der Waals surface area contributed by atoms with E-state index in [2.05, 4.69) is 30.4 Å². The summed E-state index contributed by atoms with van der Waals surface area (Å²) < 4.78 is 66.0. The average molecular weight is 739 g/mol. The quantitative estimate of drug-likeness (QED) is 0.133. The number of hydrogen-bond donors (Lipinski definition) is 4. The number of amides is 2. The minimum absolute atomic E-state index is 0.108. The van der Waals surface area contributed by atoms with Crippen LogP contribution in [0.25, 0.3) is 0 Å². The maximum atomic E-state index is 14.2. The van der Waals surface area contributed by atoms with Gasteiger partial charge in [-0.3, -0.25) is 9.69 Å². The Balaban J connectivity index is 0.000000908. The van der Waals surface area contributed by atoms with E-state index in [1.54, 1.807) is 24.1 Å². The molecule has 51 heavy (non-hydrogen) atoms. The molecule has 4 rings (SSSR count). The Labute approximate surface area is 294 Å². The first kappa shape index (κ1) is 40.7. The molecule has 2 aliphatic heterocycles. The molecular weight excluding hydrogens is 695 g/mol. The zero-order chi connectivity index (χ0) is 38.4. The SMILES string of the molecule is CC1=CC2=CC(C)(C(=O)NCC(C)(CC[Si](C)(C)C)N(Cc3ccccc3)C(=O)O)NN2C(OCc2c(F)cccc2F)=C1.O=C(O)C(F)(F)F. The molecule has 0 radical (unpaired) electrons. The van der Waals surface area contributed by atoms with Gasteiger partial charge >= 0.3 is 18.2 Å². The highest BCUT2D eigenvalue weighted by Gasteiger charge is 2.44. The molecule has 2 amide bonds. The highest BCUT2D eigenvalue weighted by Crippen LogP contribution is 2.33. The van der Waals surface area contributed by atoms with E-state index >= 15 is 0 Å². The predicted molar refractivity (Wildman–Crippen MR) is 182 cm³/mol. The van der Waals surface area contributed by atoms with E-state index in [0.29, 0.717) is 12.1 Å². The molecule has 278 valence electrons. The average Bonchev–Trinajstić information content (AvgIpc) is 3.38. The molecule has 2 atom stereocenters. The maximum absolute atomic E-state index is 14.2. The van der Waals surface area contributed by atoms with Gasteiger partial charge in [-0.05, 0) is 62.6 Å². The fourth-order valence-corrected chi connectivity index (χ4v) is 6.51. The van der Waals surface area contributed by atoms with Gasteiger partial charge in [-0.1, -0.05) is 62.1 Å². The van der Waals surface area contributed by atoms with E-state index in [1.807, 2.05) is 50.3 Å². The summed E-state index contributed by atoms with van der Waals surface area (Å²) in [5, 5.41) is 22.0. The molecule has 0 aromatic heterocycles. The number of benzene rings is 2. The van der Waals surface area contributed by atoms with Crippen LogP contribution in [-0.4, -0.2) is 70.0 Å². The normalized spacial score (nSPS) is 18.2. The molecule has 0 spiro atoms. The number of carboxylic acid groups (broad SMARTS) is 2. The summed E-state index contributed by atoms with van der Waals surface area (Å²) in [7, 11) is -1.55. The summed E-state index contributed by atoms with van der Waals surface area (Å²) in [4.78, 5) is 36.7. The van der Waals surface area contributed by atoms with Crippen molar-refractivity contribution in [2.75, 3.05) is 6.54 Å². The molecule has 2 aromatic carbocycles. The Morgan fingerprint density at radius 2 is 1.59 bits per heavy atom. The molecule has 2 heterocycles. The molecule has 0 fully saturated rings. The van der Waals surface area contributed by atoms with E-state index in [1.165, 1.54) is 23.1 Å². The molecular formula is C35H43F5N4O6Si. The monoisotopic (exact) mass is 738 g/mol. The van der Waals surface area contributed by atoms with Crippen LogP contribution in [0.3, 0.4) is 0 Å². The second kappa shape index (κ2) is 16.1. The molecule has 16 heteroatoms. The Bertz CT molecular complexity index is 1680.